The van der Waals surface area contributed by atoms with Crippen molar-refractivity contribution in [1.82, 2.24) is 20.6 Å². The molecule has 276 valence electrons. The van der Waals surface area contributed by atoms with Crippen LogP contribution in [0.4, 0.5) is 22.0 Å². The van der Waals surface area contributed by atoms with E-state index < -0.39 is 28.7 Å². The maximum atomic E-state index is 13.3. The van der Waals surface area contributed by atoms with Crippen molar-refractivity contribution in [2.45, 2.75) is 89.0 Å². The number of non-ortho nitro benzene ring substituents is 1. The van der Waals surface area contributed by atoms with E-state index in [1.54, 1.807) is 0 Å². The van der Waals surface area contributed by atoms with E-state index in [0.29, 0.717) is 17.1 Å². The molecule has 0 saturated carbocycles. The molecule has 3 aliphatic rings. The second-order valence-electron chi connectivity index (χ2n) is 15.1. The molecular formula is C40H43ClN6O6. The molecule has 3 atom stereocenters. The highest BCUT2D eigenvalue weighted by atomic mass is 35.5. The lowest BCUT2D eigenvalue weighted by molar-refractivity contribution is -0.384. The Kier molecular flexibility index (Phi) is 9.86. The van der Waals surface area contributed by atoms with E-state index in [2.05, 4.69) is 57.8 Å². The fraction of sp³-hybridized carbons (Fsp3) is 0.400. The number of nitro benzene ring substituents is 1. The van der Waals surface area contributed by atoms with Gasteiger partial charge in [0, 0.05) is 46.4 Å². The minimum absolute atomic E-state index is 0.0538. The average Bonchev–Trinajstić information content (AvgIpc) is 3.58. The van der Waals surface area contributed by atoms with Gasteiger partial charge in [-0.1, -0.05) is 48.9 Å². The molecule has 1 amide bonds. The Bertz CT molecular complexity index is 2030. The Morgan fingerprint density at radius 3 is 2.45 bits per heavy atom. The number of piperidine rings is 1. The first-order valence-corrected chi connectivity index (χ1v) is 18.4. The molecule has 0 bridgehead atoms. The highest BCUT2D eigenvalue weighted by Crippen LogP contribution is 2.58. The number of nitro groups is 1. The van der Waals surface area contributed by atoms with Gasteiger partial charge in [-0.25, -0.2) is 19.6 Å². The number of fused-ring (bicyclic) bond motifs is 3. The summed E-state index contributed by atoms with van der Waals surface area (Å²) in [5.74, 6) is 0.119. The van der Waals surface area contributed by atoms with E-state index in [1.165, 1.54) is 36.2 Å². The molecule has 1 saturated heterocycles. The van der Waals surface area contributed by atoms with Crippen molar-refractivity contribution in [1.29, 1.82) is 0 Å². The minimum atomic E-state index is -0.654. The van der Waals surface area contributed by atoms with Crippen molar-refractivity contribution >= 4 is 40.9 Å². The summed E-state index contributed by atoms with van der Waals surface area (Å²) in [4.78, 5) is 48.9. The summed E-state index contributed by atoms with van der Waals surface area (Å²) in [5, 5.41) is 18.3. The highest BCUT2D eigenvalue weighted by molar-refractivity contribution is 6.31. The van der Waals surface area contributed by atoms with Crippen molar-refractivity contribution < 1.29 is 24.0 Å². The fourth-order valence-corrected chi connectivity index (χ4v) is 8.55. The summed E-state index contributed by atoms with van der Waals surface area (Å²) in [6.45, 7) is 9.39. The van der Waals surface area contributed by atoms with E-state index in [1.807, 2.05) is 32.9 Å². The molecule has 12 nitrogen and oxygen atoms in total. The second kappa shape index (κ2) is 14.4. The zero-order chi connectivity index (χ0) is 37.5. The Labute approximate surface area is 313 Å². The summed E-state index contributed by atoms with van der Waals surface area (Å²) in [6, 6.07) is 19.7. The summed E-state index contributed by atoms with van der Waals surface area (Å²) in [7, 11) is 0. The van der Waals surface area contributed by atoms with Gasteiger partial charge in [-0.3, -0.25) is 10.1 Å². The van der Waals surface area contributed by atoms with Crippen LogP contribution in [0.25, 0.3) is 0 Å². The number of carbonyl (C=O) groups excluding carboxylic acids is 2. The predicted molar refractivity (Wildman–Crippen MR) is 201 cm³/mol. The number of hydrogen-bond donors (Lipinski definition) is 2. The van der Waals surface area contributed by atoms with Gasteiger partial charge in [-0.15, -0.1) is 0 Å². The Morgan fingerprint density at radius 2 is 1.77 bits per heavy atom. The van der Waals surface area contributed by atoms with Crippen LogP contribution in [-0.2, 0) is 27.9 Å². The number of amides is 1. The Balaban J connectivity index is 1.32. The third kappa shape index (κ3) is 7.05. The number of carbonyl (C=O) groups is 2. The zero-order valence-corrected chi connectivity index (χ0v) is 31.0. The van der Waals surface area contributed by atoms with E-state index >= 15 is 0 Å². The summed E-state index contributed by atoms with van der Waals surface area (Å²) >= 11 is 7.05. The molecule has 2 aliphatic heterocycles. The van der Waals surface area contributed by atoms with Crippen LogP contribution in [0.2, 0.25) is 5.02 Å². The van der Waals surface area contributed by atoms with E-state index in [0.717, 1.165) is 60.5 Å². The lowest BCUT2D eigenvalue weighted by atomic mass is 9.67. The number of rotatable bonds is 8. The number of aromatic nitrogens is 2. The van der Waals surface area contributed by atoms with Crippen LogP contribution < -0.4 is 15.5 Å². The molecule has 1 fully saturated rings. The molecule has 3 heterocycles. The third-order valence-corrected chi connectivity index (χ3v) is 10.9. The van der Waals surface area contributed by atoms with Gasteiger partial charge in [-0.05, 0) is 106 Å². The maximum Gasteiger partial charge on any atom is 0.407 e. The fourth-order valence-electron chi connectivity index (χ4n) is 8.33. The van der Waals surface area contributed by atoms with Crippen LogP contribution in [0.3, 0.4) is 0 Å². The average molecular weight is 739 g/mol. The van der Waals surface area contributed by atoms with Gasteiger partial charge in [0.15, 0.2) is 0 Å². The number of anilines is 2. The van der Waals surface area contributed by atoms with Gasteiger partial charge in [0.25, 0.3) is 5.69 Å². The molecule has 2 N–H and O–H groups in total. The number of ether oxygens (including phenoxy) is 2. The number of nitrogens with zero attached hydrogens (tertiary/aromatic N) is 4. The number of halogens is 1. The monoisotopic (exact) mass is 738 g/mol. The molecule has 0 unspecified atom stereocenters. The van der Waals surface area contributed by atoms with Crippen LogP contribution in [0.15, 0.2) is 73.1 Å². The molecule has 7 rings (SSSR count). The first-order chi connectivity index (χ1) is 25.4. The SMILES string of the molecule is C[C@@H]1C[C@@H](OC(=O)c2ccc([N+](=O)[O-])cc2)c2ncnc(N3c4ccc(Cl)c(CNC(=O)OC(C)(C)C)c4C4(CCNCC4)[C@H]3Cc3ccccc3)c21. The van der Waals surface area contributed by atoms with Crippen molar-refractivity contribution in [3.05, 3.63) is 122 Å². The quantitative estimate of drug-likeness (QED) is 0.104. The summed E-state index contributed by atoms with van der Waals surface area (Å²) in [5.41, 5.74) is 4.77. The molecule has 3 aromatic carbocycles. The first-order valence-electron chi connectivity index (χ1n) is 18.0. The normalized spacial score (nSPS) is 20.1. The smallest absolute Gasteiger partial charge is 0.407 e. The molecule has 13 heteroatoms. The number of benzene rings is 3. The van der Waals surface area contributed by atoms with Crippen LogP contribution in [0.1, 0.15) is 97.3 Å². The van der Waals surface area contributed by atoms with Gasteiger partial charge in [0.05, 0.1) is 16.2 Å². The maximum absolute atomic E-state index is 13.3. The molecule has 1 spiro atoms. The Hall–Kier alpha value is -5.07. The van der Waals surface area contributed by atoms with Crippen LogP contribution in [-0.4, -0.2) is 51.7 Å². The van der Waals surface area contributed by atoms with Crippen molar-refractivity contribution in [3.8, 4) is 0 Å². The van der Waals surface area contributed by atoms with E-state index in [-0.39, 0.29) is 35.2 Å². The number of alkyl carbamates (subject to hydrolysis) is 1. The van der Waals surface area contributed by atoms with Gasteiger partial charge in [-0.2, -0.15) is 0 Å². The summed E-state index contributed by atoms with van der Waals surface area (Å²) in [6.07, 6.45) is 3.29. The number of nitrogens with one attached hydrogen (secondary N) is 2. The molecule has 1 aromatic heterocycles. The highest BCUT2D eigenvalue weighted by Gasteiger charge is 2.54. The molecule has 4 aromatic rings. The number of esters is 1. The van der Waals surface area contributed by atoms with Crippen LogP contribution in [0.5, 0.6) is 0 Å². The van der Waals surface area contributed by atoms with Gasteiger partial charge < -0.3 is 25.0 Å². The summed E-state index contributed by atoms with van der Waals surface area (Å²) < 4.78 is 11.6. The second-order valence-corrected chi connectivity index (χ2v) is 15.5. The first kappa shape index (κ1) is 36.3. The van der Waals surface area contributed by atoms with E-state index in [4.69, 9.17) is 26.1 Å². The van der Waals surface area contributed by atoms with Crippen molar-refractivity contribution in [2.24, 2.45) is 0 Å². The Morgan fingerprint density at radius 1 is 1.06 bits per heavy atom. The predicted octanol–water partition coefficient (Wildman–Crippen LogP) is 7.85. The van der Waals surface area contributed by atoms with Crippen LogP contribution in [0, 0.1) is 10.1 Å². The topological polar surface area (TPSA) is 149 Å². The van der Waals surface area contributed by atoms with Gasteiger partial charge in [0.2, 0.25) is 0 Å². The minimum Gasteiger partial charge on any atom is -0.452 e. The molecule has 1 aliphatic carbocycles. The zero-order valence-electron chi connectivity index (χ0n) is 30.2. The van der Waals surface area contributed by atoms with Gasteiger partial charge in [0.1, 0.15) is 23.9 Å². The van der Waals surface area contributed by atoms with Crippen molar-refractivity contribution in [3.63, 3.8) is 0 Å². The number of hydrogen-bond acceptors (Lipinski definition) is 10. The standard InChI is InChI=1S/C40H43ClN6O6/c1-24-20-31(52-37(48)26-10-12-27(13-11-26)47(50)51)35-33(24)36(45-23-44-35)46-30-15-14-29(41)28(22-43-38(49)53-39(2,3)4)34(30)40(16-18-42-19-17-40)32(46)21-25-8-6-5-7-9-25/h5-15,23-24,31-32,42H,16-22H2,1-4H3,(H,43,49)/t24-,31-,32-/m1/s1. The third-order valence-electron chi connectivity index (χ3n) is 10.6. The molecule has 53 heavy (non-hydrogen) atoms. The molecular weight excluding hydrogens is 696 g/mol. The van der Waals surface area contributed by atoms with Crippen LogP contribution >= 0.6 is 11.6 Å². The lowest BCUT2D eigenvalue weighted by Gasteiger charge is -2.43. The molecule has 0 radical (unpaired) electrons. The van der Waals surface area contributed by atoms with Crippen molar-refractivity contribution in [2.75, 3.05) is 18.0 Å². The largest absolute Gasteiger partial charge is 0.452 e. The van der Waals surface area contributed by atoms with E-state index in [9.17, 15) is 19.7 Å². The van der Waals surface area contributed by atoms with Gasteiger partial charge >= 0.3 is 12.1 Å². The lowest BCUT2D eigenvalue weighted by Crippen LogP contribution is -2.51.